The summed E-state index contributed by atoms with van der Waals surface area (Å²) in [7, 11) is 0. The van der Waals surface area contributed by atoms with Crippen molar-refractivity contribution in [1.82, 2.24) is 5.32 Å². The molecule has 0 bridgehead atoms. The van der Waals surface area contributed by atoms with Gasteiger partial charge in [-0.3, -0.25) is 4.79 Å². The predicted molar refractivity (Wildman–Crippen MR) is 74.3 cm³/mol. The van der Waals surface area contributed by atoms with Crippen molar-refractivity contribution in [3.8, 4) is 5.75 Å². The zero-order valence-electron chi connectivity index (χ0n) is 11.7. The first-order chi connectivity index (χ1) is 8.40. The molecule has 0 unspecified atom stereocenters. The highest BCUT2D eigenvalue weighted by atomic mass is 16.5. The third-order valence-corrected chi connectivity index (χ3v) is 2.50. The zero-order valence-corrected chi connectivity index (χ0v) is 11.7. The molecule has 0 atom stereocenters. The molecule has 0 aliphatic carbocycles. The van der Waals surface area contributed by atoms with E-state index in [2.05, 4.69) is 26.1 Å². The fourth-order valence-electron chi connectivity index (χ4n) is 1.60. The van der Waals surface area contributed by atoms with Crippen LogP contribution in [0.15, 0.2) is 24.3 Å². The lowest BCUT2D eigenvalue weighted by molar-refractivity contribution is 0.101. The van der Waals surface area contributed by atoms with Crippen molar-refractivity contribution in [2.45, 2.75) is 39.7 Å². The molecule has 3 heteroatoms. The van der Waals surface area contributed by atoms with Gasteiger partial charge < -0.3 is 10.1 Å². The summed E-state index contributed by atoms with van der Waals surface area (Å²) in [5, 5.41) is 3.40. The highest BCUT2D eigenvalue weighted by molar-refractivity contribution is 5.96. The van der Waals surface area contributed by atoms with E-state index in [1.54, 1.807) is 13.0 Å². The van der Waals surface area contributed by atoms with Crippen LogP contribution in [0, 0.1) is 0 Å². The maximum Gasteiger partial charge on any atom is 0.163 e. The second-order valence-electron chi connectivity index (χ2n) is 5.43. The van der Waals surface area contributed by atoms with Crippen LogP contribution >= 0.6 is 0 Å². The van der Waals surface area contributed by atoms with Crippen LogP contribution in [-0.2, 0) is 0 Å². The third kappa shape index (κ3) is 5.32. The van der Waals surface area contributed by atoms with Crippen LogP contribution in [0.3, 0.4) is 0 Å². The van der Waals surface area contributed by atoms with E-state index < -0.39 is 0 Å². The second kappa shape index (κ2) is 6.55. The van der Waals surface area contributed by atoms with Crippen LogP contribution in [0.5, 0.6) is 5.75 Å². The molecular weight excluding hydrogens is 226 g/mol. The molecule has 0 aliphatic rings. The second-order valence-corrected chi connectivity index (χ2v) is 5.43. The monoisotopic (exact) mass is 249 g/mol. The highest BCUT2D eigenvalue weighted by Gasteiger charge is 2.09. The van der Waals surface area contributed by atoms with E-state index in [4.69, 9.17) is 4.74 Å². The maximum atomic E-state index is 11.4. The van der Waals surface area contributed by atoms with Crippen LogP contribution < -0.4 is 10.1 Å². The molecule has 0 aromatic heterocycles. The number of ketones is 1. The first-order valence-corrected chi connectivity index (χ1v) is 6.38. The van der Waals surface area contributed by atoms with E-state index in [1.165, 1.54) is 0 Å². The Labute approximate surface area is 110 Å². The van der Waals surface area contributed by atoms with Gasteiger partial charge in [-0.25, -0.2) is 0 Å². The number of para-hydroxylation sites is 1. The van der Waals surface area contributed by atoms with Crippen molar-refractivity contribution in [2.24, 2.45) is 0 Å². The Balaban J connectivity index is 2.38. The minimum absolute atomic E-state index is 0.0402. The van der Waals surface area contributed by atoms with E-state index >= 15 is 0 Å². The standard InChI is InChI=1S/C15H23NO2/c1-12(17)13-8-5-6-9-14(13)18-11-7-10-16-15(2,3)4/h5-6,8-9,16H,7,10-11H2,1-4H3. The van der Waals surface area contributed by atoms with Crippen LogP contribution in [0.25, 0.3) is 0 Å². The van der Waals surface area contributed by atoms with Gasteiger partial charge in [-0.05, 0) is 52.8 Å². The minimum Gasteiger partial charge on any atom is -0.493 e. The molecule has 100 valence electrons. The van der Waals surface area contributed by atoms with Gasteiger partial charge in [0.1, 0.15) is 5.75 Å². The SMILES string of the molecule is CC(=O)c1ccccc1OCCCNC(C)(C)C. The fraction of sp³-hybridized carbons (Fsp3) is 0.533. The van der Waals surface area contributed by atoms with E-state index in [0.717, 1.165) is 13.0 Å². The summed E-state index contributed by atoms with van der Waals surface area (Å²) in [6.45, 7) is 9.50. The van der Waals surface area contributed by atoms with Gasteiger partial charge in [0.05, 0.1) is 12.2 Å². The van der Waals surface area contributed by atoms with Gasteiger partial charge >= 0.3 is 0 Å². The summed E-state index contributed by atoms with van der Waals surface area (Å²) in [6.07, 6.45) is 0.920. The van der Waals surface area contributed by atoms with Crippen molar-refractivity contribution in [1.29, 1.82) is 0 Å². The largest absolute Gasteiger partial charge is 0.493 e. The minimum atomic E-state index is 0.0402. The molecule has 0 spiro atoms. The maximum absolute atomic E-state index is 11.4. The first kappa shape index (κ1) is 14.7. The molecule has 18 heavy (non-hydrogen) atoms. The third-order valence-electron chi connectivity index (χ3n) is 2.50. The Kier molecular flexibility index (Phi) is 5.35. The molecule has 0 saturated carbocycles. The van der Waals surface area contributed by atoms with Gasteiger partial charge in [0.2, 0.25) is 0 Å². The molecule has 0 fully saturated rings. The number of Topliss-reactive ketones (excluding diaryl/α,β-unsaturated/α-hetero) is 1. The van der Waals surface area contributed by atoms with Crippen molar-refractivity contribution in [3.63, 3.8) is 0 Å². The lowest BCUT2D eigenvalue weighted by atomic mass is 10.1. The average molecular weight is 249 g/mol. The fourth-order valence-corrected chi connectivity index (χ4v) is 1.60. The first-order valence-electron chi connectivity index (χ1n) is 6.38. The molecule has 3 nitrogen and oxygen atoms in total. The smallest absolute Gasteiger partial charge is 0.163 e. The van der Waals surface area contributed by atoms with Crippen LogP contribution in [-0.4, -0.2) is 24.5 Å². The Morgan fingerprint density at radius 1 is 1.28 bits per heavy atom. The van der Waals surface area contributed by atoms with Gasteiger partial charge in [0, 0.05) is 5.54 Å². The highest BCUT2D eigenvalue weighted by Crippen LogP contribution is 2.18. The number of carbonyl (C=O) groups excluding carboxylic acids is 1. The Morgan fingerprint density at radius 2 is 1.94 bits per heavy atom. The van der Waals surface area contributed by atoms with E-state index in [0.29, 0.717) is 17.9 Å². The Bertz CT molecular complexity index is 394. The van der Waals surface area contributed by atoms with Gasteiger partial charge in [-0.15, -0.1) is 0 Å². The number of rotatable bonds is 6. The summed E-state index contributed by atoms with van der Waals surface area (Å²) in [5.74, 6) is 0.721. The number of benzene rings is 1. The quantitative estimate of drug-likeness (QED) is 0.622. The summed E-state index contributed by atoms with van der Waals surface area (Å²) in [4.78, 5) is 11.4. The molecule has 0 amide bonds. The van der Waals surface area contributed by atoms with Crippen molar-refractivity contribution in [3.05, 3.63) is 29.8 Å². The van der Waals surface area contributed by atoms with Gasteiger partial charge in [0.25, 0.3) is 0 Å². The summed E-state index contributed by atoms with van der Waals surface area (Å²) < 4.78 is 5.65. The topological polar surface area (TPSA) is 38.3 Å². The van der Waals surface area contributed by atoms with E-state index in [-0.39, 0.29) is 11.3 Å². The van der Waals surface area contributed by atoms with Gasteiger partial charge in [-0.1, -0.05) is 12.1 Å². The van der Waals surface area contributed by atoms with Gasteiger partial charge in [-0.2, -0.15) is 0 Å². The van der Waals surface area contributed by atoms with E-state index in [1.807, 2.05) is 18.2 Å². The number of hydrogen-bond donors (Lipinski definition) is 1. The summed E-state index contributed by atoms with van der Waals surface area (Å²) in [5.41, 5.74) is 0.790. The van der Waals surface area contributed by atoms with Crippen LogP contribution in [0.2, 0.25) is 0 Å². The Hall–Kier alpha value is -1.35. The Morgan fingerprint density at radius 3 is 2.56 bits per heavy atom. The molecule has 0 heterocycles. The number of hydrogen-bond acceptors (Lipinski definition) is 3. The van der Waals surface area contributed by atoms with Crippen molar-refractivity contribution < 1.29 is 9.53 Å². The number of carbonyl (C=O) groups is 1. The summed E-state index contributed by atoms with van der Waals surface area (Å²) in [6, 6.07) is 7.37. The molecule has 0 aliphatic heterocycles. The normalized spacial score (nSPS) is 11.3. The molecule has 1 rings (SSSR count). The molecule has 1 aromatic rings. The van der Waals surface area contributed by atoms with Crippen LogP contribution in [0.1, 0.15) is 44.5 Å². The number of nitrogens with one attached hydrogen (secondary N) is 1. The predicted octanol–water partition coefficient (Wildman–Crippen LogP) is 3.05. The average Bonchev–Trinajstić information content (AvgIpc) is 2.27. The van der Waals surface area contributed by atoms with Crippen LogP contribution in [0.4, 0.5) is 0 Å². The lowest BCUT2D eigenvalue weighted by Crippen LogP contribution is -2.36. The molecule has 0 saturated heterocycles. The van der Waals surface area contributed by atoms with E-state index in [9.17, 15) is 4.79 Å². The molecule has 0 radical (unpaired) electrons. The summed E-state index contributed by atoms with van der Waals surface area (Å²) >= 11 is 0. The molecule has 1 N–H and O–H groups in total. The zero-order chi connectivity index (χ0) is 13.6. The number of ether oxygens (including phenoxy) is 1. The molecule has 1 aromatic carbocycles. The molecular formula is C15H23NO2. The lowest BCUT2D eigenvalue weighted by Gasteiger charge is -2.20. The van der Waals surface area contributed by atoms with Crippen molar-refractivity contribution >= 4 is 5.78 Å². The van der Waals surface area contributed by atoms with Crippen molar-refractivity contribution in [2.75, 3.05) is 13.2 Å². The van der Waals surface area contributed by atoms with Gasteiger partial charge in [0.15, 0.2) is 5.78 Å².